The second-order valence-corrected chi connectivity index (χ2v) is 11.5. The highest BCUT2D eigenvalue weighted by Crippen LogP contribution is 2.20. The molecule has 1 saturated heterocycles. The summed E-state index contributed by atoms with van der Waals surface area (Å²) in [5.41, 5.74) is 3.19. The van der Waals surface area contributed by atoms with Crippen LogP contribution in [0.1, 0.15) is 55.8 Å². The average Bonchev–Trinajstić information content (AvgIpc) is 3.47. The highest BCUT2D eigenvalue weighted by atomic mass is 16.2. The van der Waals surface area contributed by atoms with Crippen molar-refractivity contribution in [2.75, 3.05) is 26.2 Å². The van der Waals surface area contributed by atoms with Crippen molar-refractivity contribution in [3.05, 3.63) is 77.5 Å². The molecule has 2 aliphatic heterocycles. The Morgan fingerprint density at radius 3 is 2.65 bits per heavy atom. The molecule has 3 aliphatic rings. The molecule has 3 heterocycles. The van der Waals surface area contributed by atoms with E-state index in [0.717, 1.165) is 36.9 Å². The second-order valence-electron chi connectivity index (χ2n) is 11.5. The van der Waals surface area contributed by atoms with E-state index >= 15 is 0 Å². The van der Waals surface area contributed by atoms with Gasteiger partial charge in [-0.3, -0.25) is 9.59 Å². The lowest BCUT2D eigenvalue weighted by Crippen LogP contribution is -2.64. The van der Waals surface area contributed by atoms with Gasteiger partial charge in [-0.2, -0.15) is 5.26 Å². The highest BCUT2D eigenvalue weighted by molar-refractivity contribution is 5.97. The Morgan fingerprint density at radius 2 is 1.91 bits per heavy atom. The molecule has 226 valence electrons. The maximum absolute atomic E-state index is 13.6. The zero-order valence-corrected chi connectivity index (χ0v) is 24.7. The molecule has 43 heavy (non-hydrogen) atoms. The summed E-state index contributed by atoms with van der Waals surface area (Å²) in [5, 5.41) is 18.4. The third kappa shape index (κ3) is 7.63. The second kappa shape index (κ2) is 14.1. The molecule has 3 N–H and O–H groups in total. The van der Waals surface area contributed by atoms with E-state index in [0.29, 0.717) is 37.2 Å². The Labute approximate surface area is 252 Å². The van der Waals surface area contributed by atoms with E-state index in [-0.39, 0.29) is 43.0 Å². The smallest absolute Gasteiger partial charge is 0.318 e. The number of amides is 4. The highest BCUT2D eigenvalue weighted by Gasteiger charge is 2.38. The summed E-state index contributed by atoms with van der Waals surface area (Å²) >= 11 is 0. The number of rotatable bonds is 8. The van der Waals surface area contributed by atoms with E-state index in [1.165, 1.54) is 6.42 Å². The summed E-state index contributed by atoms with van der Waals surface area (Å²) < 4.78 is 2.01. The Hall–Kier alpha value is -4.59. The van der Waals surface area contributed by atoms with Gasteiger partial charge < -0.3 is 30.3 Å². The van der Waals surface area contributed by atoms with Crippen LogP contribution in [0.4, 0.5) is 4.79 Å². The fourth-order valence-corrected chi connectivity index (χ4v) is 5.94. The van der Waals surface area contributed by atoms with Crippen LogP contribution in [0.2, 0.25) is 0 Å². The minimum absolute atomic E-state index is 0.0379. The first kappa shape index (κ1) is 29.9. The quantitative estimate of drug-likeness (QED) is 0.436. The average molecular weight is 585 g/mol. The van der Waals surface area contributed by atoms with Crippen LogP contribution in [-0.2, 0) is 22.6 Å². The van der Waals surface area contributed by atoms with E-state index in [9.17, 15) is 14.4 Å². The van der Waals surface area contributed by atoms with E-state index in [2.05, 4.69) is 27.0 Å². The molecule has 2 aromatic rings. The van der Waals surface area contributed by atoms with E-state index in [1.807, 2.05) is 29.7 Å². The number of urea groups is 1. The predicted octanol–water partition coefficient (Wildman–Crippen LogP) is 2.45. The van der Waals surface area contributed by atoms with Gasteiger partial charge in [0.2, 0.25) is 5.91 Å². The SMILES string of the molecule is CC1C=C(C(=O)N2CCN(C(=O)NC3CCCCC3)C(C(=O)NCCc3cncn3Cc3ccc(C#N)cc3)C2)C=CN1. The first-order valence-corrected chi connectivity index (χ1v) is 15.2. The van der Waals surface area contributed by atoms with Crippen molar-refractivity contribution in [3.8, 4) is 6.07 Å². The van der Waals surface area contributed by atoms with Gasteiger partial charge in [-0.15, -0.1) is 0 Å². The maximum Gasteiger partial charge on any atom is 0.318 e. The number of nitrogens with zero attached hydrogens (tertiary/aromatic N) is 5. The van der Waals surface area contributed by atoms with Gasteiger partial charge in [-0.25, -0.2) is 9.78 Å². The van der Waals surface area contributed by atoms with Crippen molar-refractivity contribution < 1.29 is 14.4 Å². The molecule has 2 fully saturated rings. The number of imidazole rings is 1. The minimum atomic E-state index is -0.798. The molecular weight excluding hydrogens is 544 g/mol. The number of carbonyl (C=O) groups is 3. The van der Waals surface area contributed by atoms with E-state index in [4.69, 9.17) is 5.26 Å². The van der Waals surface area contributed by atoms with Crippen LogP contribution in [0.25, 0.3) is 0 Å². The zero-order valence-electron chi connectivity index (χ0n) is 24.7. The molecule has 11 heteroatoms. The third-order valence-electron chi connectivity index (χ3n) is 8.38. The number of dihydropyridines is 1. The fraction of sp³-hybridized carbons (Fsp3) is 0.469. The molecule has 1 aliphatic carbocycles. The summed E-state index contributed by atoms with van der Waals surface area (Å²) in [6, 6.07) is 8.67. The van der Waals surface area contributed by atoms with Gasteiger partial charge in [0.05, 0.1) is 24.5 Å². The fourth-order valence-electron chi connectivity index (χ4n) is 5.94. The Kier molecular flexibility index (Phi) is 9.77. The largest absolute Gasteiger partial charge is 0.385 e. The van der Waals surface area contributed by atoms with Gasteiger partial charge >= 0.3 is 6.03 Å². The summed E-state index contributed by atoms with van der Waals surface area (Å²) in [7, 11) is 0. The first-order valence-electron chi connectivity index (χ1n) is 15.2. The monoisotopic (exact) mass is 584 g/mol. The molecule has 1 aromatic heterocycles. The summed E-state index contributed by atoms with van der Waals surface area (Å²) in [5.74, 6) is -0.418. The molecular formula is C32H40N8O3. The van der Waals surface area contributed by atoms with Crippen LogP contribution < -0.4 is 16.0 Å². The van der Waals surface area contributed by atoms with Gasteiger partial charge in [0.25, 0.3) is 5.91 Å². The molecule has 1 aromatic carbocycles. The number of hydrogen-bond acceptors (Lipinski definition) is 6. The van der Waals surface area contributed by atoms with Crippen LogP contribution in [0, 0.1) is 11.3 Å². The van der Waals surface area contributed by atoms with Crippen molar-refractivity contribution >= 4 is 17.8 Å². The Balaban J connectivity index is 1.23. The normalized spacial score (nSPS) is 20.5. The maximum atomic E-state index is 13.6. The van der Waals surface area contributed by atoms with Crippen molar-refractivity contribution in [3.63, 3.8) is 0 Å². The number of benzene rings is 1. The van der Waals surface area contributed by atoms with Crippen molar-refractivity contribution in [1.82, 2.24) is 35.3 Å². The predicted molar refractivity (Wildman–Crippen MR) is 161 cm³/mol. The van der Waals surface area contributed by atoms with Crippen LogP contribution in [0.5, 0.6) is 0 Å². The van der Waals surface area contributed by atoms with Gasteiger partial charge in [-0.1, -0.05) is 31.4 Å². The standard InChI is InChI=1S/C32H40N8O3/c1-23-17-26(11-13-35-23)31(42)38-15-16-40(32(43)37-27-5-3-2-4-6-27)29(21-38)30(41)36-14-12-28-19-34-22-39(28)20-25-9-7-24(18-33)8-10-25/h7-11,13,17,19,22-23,27,29,35H,2-6,12,14-16,20-21H2,1H3,(H,36,41)(H,37,43). The molecule has 1 saturated carbocycles. The van der Waals surface area contributed by atoms with Gasteiger partial charge in [-0.05, 0) is 55.8 Å². The lowest BCUT2D eigenvalue weighted by molar-refractivity contribution is -0.134. The minimum Gasteiger partial charge on any atom is -0.385 e. The number of piperazine rings is 1. The van der Waals surface area contributed by atoms with Gasteiger partial charge in [0.1, 0.15) is 6.04 Å². The van der Waals surface area contributed by atoms with Gasteiger partial charge in [0, 0.05) is 62.1 Å². The Morgan fingerprint density at radius 1 is 1.12 bits per heavy atom. The molecule has 2 atom stereocenters. The van der Waals surface area contributed by atoms with Crippen LogP contribution in [0.15, 0.2) is 60.7 Å². The molecule has 11 nitrogen and oxygen atoms in total. The van der Waals surface area contributed by atoms with Crippen molar-refractivity contribution in [1.29, 1.82) is 5.26 Å². The molecule has 2 unspecified atom stereocenters. The van der Waals surface area contributed by atoms with Crippen LogP contribution in [0.3, 0.4) is 0 Å². The molecule has 0 spiro atoms. The van der Waals surface area contributed by atoms with Crippen molar-refractivity contribution in [2.24, 2.45) is 0 Å². The lowest BCUT2D eigenvalue weighted by Gasteiger charge is -2.41. The number of hydrogen-bond donors (Lipinski definition) is 3. The Bertz CT molecular complexity index is 1400. The molecule has 5 rings (SSSR count). The number of aromatic nitrogens is 2. The van der Waals surface area contributed by atoms with E-state index < -0.39 is 6.04 Å². The number of nitriles is 1. The third-order valence-corrected chi connectivity index (χ3v) is 8.38. The summed E-state index contributed by atoms with van der Waals surface area (Å²) in [6.45, 7) is 3.70. The van der Waals surface area contributed by atoms with Crippen LogP contribution in [-0.4, -0.2) is 81.5 Å². The molecule has 4 amide bonds. The lowest BCUT2D eigenvalue weighted by atomic mass is 9.95. The summed E-state index contributed by atoms with van der Waals surface area (Å²) in [4.78, 5) is 47.9. The first-order chi connectivity index (χ1) is 20.9. The van der Waals surface area contributed by atoms with Gasteiger partial charge in [0.15, 0.2) is 0 Å². The molecule has 0 radical (unpaired) electrons. The molecule has 0 bridgehead atoms. The number of carbonyl (C=O) groups excluding carboxylic acids is 3. The zero-order chi connectivity index (χ0) is 30.2. The van der Waals surface area contributed by atoms with Crippen LogP contribution >= 0.6 is 0 Å². The number of nitrogens with one attached hydrogen (secondary N) is 3. The van der Waals surface area contributed by atoms with Crippen molar-refractivity contribution in [2.45, 2.75) is 70.1 Å². The summed E-state index contributed by atoms with van der Waals surface area (Å²) in [6.07, 6.45) is 14.7. The van der Waals surface area contributed by atoms with E-state index in [1.54, 1.807) is 46.7 Å². The topological polar surface area (TPSA) is 135 Å².